The molecule has 1 aliphatic rings. The third-order valence-corrected chi connectivity index (χ3v) is 3.64. The Bertz CT molecular complexity index is 260. The SMILES string of the molecule is CCC1CCC(c2cc[c-]cc2)CC1.[Li+]. The van der Waals surface area contributed by atoms with Crippen LogP contribution in [-0.4, -0.2) is 0 Å². The minimum Gasteiger partial charge on any atom is -0.184 e. The van der Waals surface area contributed by atoms with Gasteiger partial charge >= 0.3 is 18.9 Å². The van der Waals surface area contributed by atoms with Gasteiger partial charge in [-0.05, 0) is 37.5 Å². The molecular weight excluding hydrogens is 175 g/mol. The van der Waals surface area contributed by atoms with Crippen molar-refractivity contribution in [3.63, 3.8) is 0 Å². The van der Waals surface area contributed by atoms with Crippen LogP contribution in [0.4, 0.5) is 0 Å². The van der Waals surface area contributed by atoms with Crippen LogP contribution in [0.25, 0.3) is 0 Å². The van der Waals surface area contributed by atoms with Crippen LogP contribution in [0.3, 0.4) is 0 Å². The van der Waals surface area contributed by atoms with E-state index in [0.29, 0.717) is 0 Å². The first-order valence-electron chi connectivity index (χ1n) is 5.86. The fourth-order valence-electron chi connectivity index (χ4n) is 2.58. The van der Waals surface area contributed by atoms with Crippen molar-refractivity contribution < 1.29 is 18.9 Å². The van der Waals surface area contributed by atoms with Gasteiger partial charge in [0.05, 0.1) is 0 Å². The Kier molecular flexibility index (Phi) is 5.51. The van der Waals surface area contributed by atoms with E-state index in [2.05, 4.69) is 25.1 Å². The molecule has 1 heteroatoms. The van der Waals surface area contributed by atoms with Crippen molar-refractivity contribution in [3.8, 4) is 0 Å². The Morgan fingerprint density at radius 2 is 1.73 bits per heavy atom. The van der Waals surface area contributed by atoms with Gasteiger partial charge in [0.25, 0.3) is 0 Å². The summed E-state index contributed by atoms with van der Waals surface area (Å²) in [5.41, 5.74) is 1.53. The van der Waals surface area contributed by atoms with Crippen molar-refractivity contribution in [1.82, 2.24) is 0 Å². The second kappa shape index (κ2) is 6.41. The van der Waals surface area contributed by atoms with Gasteiger partial charge in [0.1, 0.15) is 0 Å². The molecule has 0 nitrogen and oxygen atoms in total. The predicted molar refractivity (Wildman–Crippen MR) is 60.3 cm³/mol. The Morgan fingerprint density at radius 3 is 2.27 bits per heavy atom. The monoisotopic (exact) mass is 194 g/mol. The maximum absolute atomic E-state index is 3.09. The van der Waals surface area contributed by atoms with Crippen LogP contribution >= 0.6 is 0 Å². The van der Waals surface area contributed by atoms with Crippen LogP contribution in [0, 0.1) is 12.0 Å². The van der Waals surface area contributed by atoms with Crippen LogP contribution in [-0.2, 0) is 0 Å². The van der Waals surface area contributed by atoms with E-state index >= 15 is 0 Å². The van der Waals surface area contributed by atoms with Crippen LogP contribution in [0.15, 0.2) is 24.3 Å². The van der Waals surface area contributed by atoms with Gasteiger partial charge in [-0.1, -0.05) is 13.3 Å². The van der Waals surface area contributed by atoms with E-state index in [0.717, 1.165) is 11.8 Å². The summed E-state index contributed by atoms with van der Waals surface area (Å²) in [5, 5.41) is 0. The molecule has 0 aliphatic heterocycles. The summed E-state index contributed by atoms with van der Waals surface area (Å²) < 4.78 is 0. The van der Waals surface area contributed by atoms with Crippen LogP contribution < -0.4 is 18.9 Å². The Labute approximate surface area is 106 Å². The largest absolute Gasteiger partial charge is 1.00 e. The smallest absolute Gasteiger partial charge is 0.184 e. The van der Waals surface area contributed by atoms with Crippen LogP contribution in [0.1, 0.15) is 50.5 Å². The zero-order valence-electron chi connectivity index (χ0n) is 10.00. The van der Waals surface area contributed by atoms with E-state index in [1.165, 1.54) is 37.7 Å². The fourth-order valence-corrected chi connectivity index (χ4v) is 2.58. The second-order valence-corrected chi connectivity index (χ2v) is 4.46. The molecule has 0 amide bonds. The number of benzene rings is 1. The van der Waals surface area contributed by atoms with E-state index in [4.69, 9.17) is 0 Å². The maximum atomic E-state index is 3.09. The zero-order valence-corrected chi connectivity index (χ0v) is 10.00. The van der Waals surface area contributed by atoms with Gasteiger partial charge in [0, 0.05) is 0 Å². The summed E-state index contributed by atoms with van der Waals surface area (Å²) in [5.74, 6) is 1.83. The van der Waals surface area contributed by atoms with E-state index < -0.39 is 0 Å². The second-order valence-electron chi connectivity index (χ2n) is 4.46. The van der Waals surface area contributed by atoms with E-state index in [1.807, 2.05) is 12.1 Å². The zero-order chi connectivity index (χ0) is 9.80. The molecule has 0 spiro atoms. The fraction of sp³-hybridized carbons (Fsp3) is 0.571. The molecule has 1 aromatic rings. The molecular formula is C14H19Li. The van der Waals surface area contributed by atoms with Crippen molar-refractivity contribution in [1.29, 1.82) is 0 Å². The van der Waals surface area contributed by atoms with Gasteiger partial charge in [-0.25, -0.2) is 0 Å². The molecule has 0 bridgehead atoms. The molecule has 76 valence electrons. The van der Waals surface area contributed by atoms with Gasteiger partial charge < -0.3 is 0 Å². The molecule has 0 aromatic heterocycles. The quantitative estimate of drug-likeness (QED) is 0.490. The van der Waals surface area contributed by atoms with Crippen LogP contribution in [0.2, 0.25) is 0 Å². The van der Waals surface area contributed by atoms with E-state index in [1.54, 1.807) is 0 Å². The van der Waals surface area contributed by atoms with Crippen molar-refractivity contribution in [2.24, 2.45) is 5.92 Å². The van der Waals surface area contributed by atoms with E-state index in [-0.39, 0.29) is 18.9 Å². The summed E-state index contributed by atoms with van der Waals surface area (Å²) >= 11 is 0. The van der Waals surface area contributed by atoms with Gasteiger partial charge in [0.2, 0.25) is 0 Å². The average Bonchev–Trinajstić information content (AvgIpc) is 2.30. The van der Waals surface area contributed by atoms with Crippen molar-refractivity contribution in [2.75, 3.05) is 0 Å². The molecule has 1 fully saturated rings. The van der Waals surface area contributed by atoms with Crippen molar-refractivity contribution in [3.05, 3.63) is 35.9 Å². The third kappa shape index (κ3) is 3.40. The molecule has 0 heterocycles. The first kappa shape index (κ1) is 12.9. The topological polar surface area (TPSA) is 0 Å². The molecule has 1 aromatic carbocycles. The Hall–Kier alpha value is -0.183. The maximum Gasteiger partial charge on any atom is 1.00 e. The number of hydrogen-bond donors (Lipinski definition) is 0. The molecule has 1 saturated carbocycles. The molecule has 2 rings (SSSR count). The van der Waals surface area contributed by atoms with Gasteiger partial charge in [-0.2, -0.15) is 35.9 Å². The molecule has 15 heavy (non-hydrogen) atoms. The standard InChI is InChI=1S/C14H19.Li/c1-2-12-8-10-14(11-9-12)13-6-4-3-5-7-13;/h4-7,12,14H,2,8-11H2,1H3;/q-1;+1. The average molecular weight is 194 g/mol. The molecule has 0 unspecified atom stereocenters. The Morgan fingerprint density at radius 1 is 1.13 bits per heavy atom. The minimum atomic E-state index is 0. The number of rotatable bonds is 2. The first-order valence-corrected chi connectivity index (χ1v) is 5.86. The minimum absolute atomic E-state index is 0. The number of hydrogen-bond acceptors (Lipinski definition) is 0. The molecule has 0 atom stereocenters. The summed E-state index contributed by atoms with van der Waals surface area (Å²) in [6.45, 7) is 2.32. The van der Waals surface area contributed by atoms with Crippen LogP contribution in [0.5, 0.6) is 0 Å². The van der Waals surface area contributed by atoms with Crippen molar-refractivity contribution >= 4 is 0 Å². The third-order valence-electron chi connectivity index (χ3n) is 3.64. The normalized spacial score (nSPS) is 25.7. The van der Waals surface area contributed by atoms with Crippen molar-refractivity contribution in [2.45, 2.75) is 44.9 Å². The van der Waals surface area contributed by atoms with E-state index in [9.17, 15) is 0 Å². The van der Waals surface area contributed by atoms with Gasteiger partial charge in [-0.3, -0.25) is 0 Å². The molecule has 1 aliphatic carbocycles. The van der Waals surface area contributed by atoms with Gasteiger partial charge in [0.15, 0.2) is 0 Å². The predicted octanol–water partition coefficient (Wildman–Crippen LogP) is 1.17. The summed E-state index contributed by atoms with van der Waals surface area (Å²) in [6, 6.07) is 11.6. The summed E-state index contributed by atoms with van der Waals surface area (Å²) in [4.78, 5) is 0. The summed E-state index contributed by atoms with van der Waals surface area (Å²) in [7, 11) is 0. The molecule has 0 radical (unpaired) electrons. The molecule has 0 saturated heterocycles. The summed E-state index contributed by atoms with van der Waals surface area (Å²) in [6.07, 6.45) is 7.01. The molecule has 0 N–H and O–H groups in total. The Balaban J connectivity index is 0.00000112. The van der Waals surface area contributed by atoms with Gasteiger partial charge in [-0.15, -0.1) is 0 Å². The first-order chi connectivity index (χ1) is 6.90.